The van der Waals surface area contributed by atoms with Crippen LogP contribution in [0.4, 0.5) is 0 Å². The second-order valence-electron chi connectivity index (χ2n) is 10.5. The van der Waals surface area contributed by atoms with Crippen LogP contribution in [0.25, 0.3) is 21.6 Å². The van der Waals surface area contributed by atoms with Crippen LogP contribution < -0.4 is 5.32 Å². The number of carboxylic acids is 1. The van der Waals surface area contributed by atoms with Gasteiger partial charge >= 0.3 is 5.97 Å². The monoisotopic (exact) mass is 651 g/mol. The van der Waals surface area contributed by atoms with Crippen molar-refractivity contribution in [1.29, 1.82) is 0 Å². The van der Waals surface area contributed by atoms with Gasteiger partial charge in [-0.15, -0.1) is 11.3 Å². The van der Waals surface area contributed by atoms with E-state index in [1.165, 1.54) is 10.4 Å². The molecule has 232 valence electrons. The molecule has 10 heteroatoms. The molecule has 44 heavy (non-hydrogen) atoms. The highest BCUT2D eigenvalue weighted by atomic mass is 32.2. The second-order valence-corrected chi connectivity index (χ2v) is 15.2. The van der Waals surface area contributed by atoms with Crippen molar-refractivity contribution in [1.82, 2.24) is 5.32 Å². The highest BCUT2D eigenvalue weighted by molar-refractivity contribution is 7.99. The van der Waals surface area contributed by atoms with Crippen LogP contribution in [0.3, 0.4) is 0 Å². The first-order valence-corrected chi connectivity index (χ1v) is 18.3. The number of nitrogens with one attached hydrogen (secondary N) is 1. The first-order chi connectivity index (χ1) is 21.1. The summed E-state index contributed by atoms with van der Waals surface area (Å²) in [7, 11) is -3.40. The van der Waals surface area contributed by atoms with Crippen molar-refractivity contribution in [3.63, 3.8) is 0 Å². The largest absolute Gasteiger partial charge is 0.480 e. The highest BCUT2D eigenvalue weighted by Crippen LogP contribution is 2.35. The summed E-state index contributed by atoms with van der Waals surface area (Å²) in [5, 5.41) is 12.2. The zero-order valence-electron chi connectivity index (χ0n) is 25.0. The zero-order chi connectivity index (χ0) is 31.7. The number of carbonyl (C=O) groups is 2. The van der Waals surface area contributed by atoms with Gasteiger partial charge in [-0.1, -0.05) is 67.6 Å². The van der Waals surface area contributed by atoms with E-state index < -0.39 is 27.8 Å². The third kappa shape index (κ3) is 9.28. The number of carboxylic acid groups (broad SMARTS) is 1. The minimum atomic E-state index is -3.40. The van der Waals surface area contributed by atoms with Crippen molar-refractivity contribution >= 4 is 44.8 Å². The molecule has 4 aromatic rings. The summed E-state index contributed by atoms with van der Waals surface area (Å²) < 4.78 is 29.8. The Bertz CT molecular complexity index is 1680. The van der Waals surface area contributed by atoms with E-state index >= 15 is 0 Å². The molecule has 0 saturated carbocycles. The van der Waals surface area contributed by atoms with E-state index in [1.807, 2.05) is 73.3 Å². The number of ether oxygens (including phenoxy) is 1. The molecule has 1 amide bonds. The predicted octanol–water partition coefficient (Wildman–Crippen LogP) is 7.02. The van der Waals surface area contributed by atoms with E-state index in [0.29, 0.717) is 17.7 Å². The van der Waals surface area contributed by atoms with Gasteiger partial charge in [0, 0.05) is 27.3 Å². The summed E-state index contributed by atoms with van der Waals surface area (Å²) >= 11 is 3.54. The van der Waals surface area contributed by atoms with Gasteiger partial charge < -0.3 is 15.2 Å². The Morgan fingerprint density at radius 2 is 1.70 bits per heavy atom. The molecule has 0 aliphatic heterocycles. The summed E-state index contributed by atoms with van der Waals surface area (Å²) in [6.45, 7) is 4.39. The fraction of sp³-hybridized carbons (Fsp3) is 0.294. The number of benzene rings is 3. The van der Waals surface area contributed by atoms with Gasteiger partial charge in [0.1, 0.15) is 22.0 Å². The number of thioether (sulfide) groups is 1. The Morgan fingerprint density at radius 3 is 2.39 bits per heavy atom. The summed E-state index contributed by atoms with van der Waals surface area (Å²) in [6.07, 6.45) is 0.701. The molecule has 0 spiro atoms. The molecule has 0 fully saturated rings. The van der Waals surface area contributed by atoms with Crippen molar-refractivity contribution < 1.29 is 27.9 Å². The van der Waals surface area contributed by atoms with Crippen molar-refractivity contribution in [2.24, 2.45) is 0 Å². The van der Waals surface area contributed by atoms with E-state index in [-0.39, 0.29) is 18.3 Å². The van der Waals surface area contributed by atoms with Gasteiger partial charge in [0.2, 0.25) is 0 Å². The van der Waals surface area contributed by atoms with Gasteiger partial charge in [-0.05, 0) is 71.2 Å². The number of amides is 1. The lowest BCUT2D eigenvalue weighted by Crippen LogP contribution is -2.42. The Hall–Kier alpha value is -3.44. The van der Waals surface area contributed by atoms with E-state index in [9.17, 15) is 23.1 Å². The van der Waals surface area contributed by atoms with Crippen molar-refractivity contribution in [2.45, 2.75) is 39.0 Å². The maximum absolute atomic E-state index is 13.4. The molecule has 2 atom stereocenters. The third-order valence-electron chi connectivity index (χ3n) is 7.07. The van der Waals surface area contributed by atoms with E-state index in [4.69, 9.17) is 4.74 Å². The van der Waals surface area contributed by atoms with E-state index in [1.54, 1.807) is 17.4 Å². The molecular formula is C34H37NO6S3. The Labute approximate surface area is 267 Å². The molecule has 1 aromatic heterocycles. The summed E-state index contributed by atoms with van der Waals surface area (Å²) in [5.41, 5.74) is 4.79. The molecule has 0 aliphatic carbocycles. The Kier molecular flexibility index (Phi) is 11.8. The van der Waals surface area contributed by atoms with Crippen LogP contribution in [0.2, 0.25) is 0 Å². The van der Waals surface area contributed by atoms with Crippen LogP contribution in [-0.4, -0.2) is 55.0 Å². The SMILES string of the molecule is CCSC[C@H](OCc1ccc(C(=O)N[C@@H](CCS(C)(=O)=O)C(=O)O)c(-c2ccccc2C)c1)c1ccc(-c2ccccc2)s1. The molecule has 0 unspecified atom stereocenters. The number of sulfone groups is 1. The predicted molar refractivity (Wildman–Crippen MR) is 180 cm³/mol. The van der Waals surface area contributed by atoms with Crippen LogP contribution in [0.15, 0.2) is 84.9 Å². The number of aryl methyl sites for hydroxylation is 1. The number of hydrogen-bond donors (Lipinski definition) is 2. The fourth-order valence-corrected chi connectivity index (χ4v) is 7.28. The third-order valence-corrected chi connectivity index (χ3v) is 10.2. The first-order valence-electron chi connectivity index (χ1n) is 14.3. The number of aliphatic carboxylic acids is 1. The van der Waals surface area contributed by atoms with Crippen molar-refractivity contribution in [3.05, 3.63) is 106 Å². The quantitative estimate of drug-likeness (QED) is 0.142. The molecule has 1 heterocycles. The summed E-state index contributed by atoms with van der Waals surface area (Å²) in [4.78, 5) is 27.6. The summed E-state index contributed by atoms with van der Waals surface area (Å²) in [5.74, 6) is -0.440. The Balaban J connectivity index is 1.59. The van der Waals surface area contributed by atoms with Crippen LogP contribution in [-0.2, 0) is 26.0 Å². The van der Waals surface area contributed by atoms with Crippen LogP contribution >= 0.6 is 23.1 Å². The van der Waals surface area contributed by atoms with Crippen molar-refractivity contribution in [2.75, 3.05) is 23.5 Å². The maximum Gasteiger partial charge on any atom is 0.326 e. The minimum absolute atomic E-state index is 0.113. The number of rotatable bonds is 15. The van der Waals surface area contributed by atoms with Gasteiger partial charge in [0.05, 0.1) is 12.4 Å². The smallest absolute Gasteiger partial charge is 0.326 e. The van der Waals surface area contributed by atoms with Gasteiger partial charge in [0.25, 0.3) is 5.91 Å². The molecule has 0 aliphatic rings. The van der Waals surface area contributed by atoms with Crippen LogP contribution in [0.1, 0.15) is 45.8 Å². The summed E-state index contributed by atoms with van der Waals surface area (Å²) in [6, 6.07) is 26.3. The lowest BCUT2D eigenvalue weighted by molar-refractivity contribution is -0.139. The zero-order valence-corrected chi connectivity index (χ0v) is 27.4. The average molecular weight is 652 g/mol. The molecule has 3 aromatic carbocycles. The first kappa shape index (κ1) is 33.5. The number of thiophene rings is 1. The van der Waals surface area contributed by atoms with Crippen LogP contribution in [0.5, 0.6) is 0 Å². The standard InChI is InChI=1S/C34H37NO6S3/c1-4-42-22-30(32-17-16-31(43-32)25-11-6-5-7-12-25)41-21-24-14-15-27(28(20-24)26-13-9-8-10-23(26)2)33(36)35-29(34(37)38)18-19-44(3,39)40/h5-17,20,29-30H,4,18-19,21-22H2,1-3H3,(H,35,36)(H,37,38)/t29-,30-/m0/s1. The maximum atomic E-state index is 13.4. The average Bonchev–Trinajstić information content (AvgIpc) is 3.49. The molecule has 0 saturated heterocycles. The highest BCUT2D eigenvalue weighted by Gasteiger charge is 2.24. The lowest BCUT2D eigenvalue weighted by Gasteiger charge is -2.19. The van der Waals surface area contributed by atoms with E-state index in [2.05, 4.69) is 36.5 Å². The second kappa shape index (κ2) is 15.5. The minimum Gasteiger partial charge on any atom is -0.480 e. The normalized spacial score (nSPS) is 12.9. The van der Waals surface area contributed by atoms with Gasteiger partial charge in [-0.3, -0.25) is 4.79 Å². The Morgan fingerprint density at radius 1 is 0.977 bits per heavy atom. The number of carbonyl (C=O) groups excluding carboxylic acids is 1. The molecule has 4 rings (SSSR count). The van der Waals surface area contributed by atoms with Gasteiger partial charge in [-0.2, -0.15) is 11.8 Å². The molecular weight excluding hydrogens is 615 g/mol. The number of hydrogen-bond acceptors (Lipinski definition) is 7. The fourth-order valence-electron chi connectivity index (χ4n) is 4.72. The van der Waals surface area contributed by atoms with E-state index in [0.717, 1.165) is 39.3 Å². The lowest BCUT2D eigenvalue weighted by atomic mass is 9.93. The van der Waals surface area contributed by atoms with Crippen molar-refractivity contribution in [3.8, 4) is 21.6 Å². The molecule has 0 bridgehead atoms. The molecule has 0 radical (unpaired) electrons. The molecule has 2 N–H and O–H groups in total. The topological polar surface area (TPSA) is 110 Å². The molecule has 7 nitrogen and oxygen atoms in total. The van der Waals surface area contributed by atoms with Crippen LogP contribution in [0, 0.1) is 6.92 Å². The van der Waals surface area contributed by atoms with Gasteiger partial charge in [-0.25, -0.2) is 13.2 Å². The van der Waals surface area contributed by atoms with Gasteiger partial charge in [0.15, 0.2) is 0 Å².